The highest BCUT2D eigenvalue weighted by molar-refractivity contribution is 5.97. The number of methoxy groups -OCH3 is 1. The van der Waals surface area contributed by atoms with Crippen LogP contribution < -0.4 is 16.4 Å². The number of nitrogens with one attached hydrogen (secondary N) is 2. The predicted molar refractivity (Wildman–Crippen MR) is 149 cm³/mol. The van der Waals surface area contributed by atoms with Crippen LogP contribution in [0.25, 0.3) is 10.9 Å². The standard InChI is InChI=1S/C29H38N6O3/c1-19-12-13-21-20(17-19)26(33-23-10-5-4-9-22(23)31-25(30)24-11-8-16-38-24)34-27(32-21)28(36)35-29(18-37-2)14-6-3-7-15-29/h8,11-13,16-17,22-23H,3-7,9-10,14-15,18H2,1-2H3,(H2,30,31)(H,35,36)(H,32,33,34)/t22-,23+/m1/s1. The number of amidine groups is 1. The van der Waals surface area contributed by atoms with Gasteiger partial charge in [0.05, 0.1) is 30.0 Å². The van der Waals surface area contributed by atoms with Crippen LogP contribution in [0.3, 0.4) is 0 Å². The van der Waals surface area contributed by atoms with Gasteiger partial charge in [-0.25, -0.2) is 9.97 Å². The second-order valence-corrected chi connectivity index (χ2v) is 10.7. The Morgan fingerprint density at radius 2 is 1.97 bits per heavy atom. The average molecular weight is 519 g/mol. The summed E-state index contributed by atoms with van der Waals surface area (Å²) in [5.41, 5.74) is 7.72. The zero-order chi connectivity index (χ0) is 26.5. The minimum absolute atomic E-state index is 0.0185. The molecule has 5 rings (SSSR count). The van der Waals surface area contributed by atoms with E-state index in [4.69, 9.17) is 24.9 Å². The van der Waals surface area contributed by atoms with E-state index in [1.54, 1.807) is 19.4 Å². The Morgan fingerprint density at radius 1 is 1.16 bits per heavy atom. The number of aromatic nitrogens is 2. The van der Waals surface area contributed by atoms with Crippen LogP contribution in [0.5, 0.6) is 0 Å². The largest absolute Gasteiger partial charge is 0.461 e. The first kappa shape index (κ1) is 26.2. The lowest BCUT2D eigenvalue weighted by molar-refractivity contribution is 0.0631. The van der Waals surface area contributed by atoms with Gasteiger partial charge in [0.15, 0.2) is 11.6 Å². The van der Waals surface area contributed by atoms with Gasteiger partial charge in [0, 0.05) is 18.5 Å². The number of amides is 1. The summed E-state index contributed by atoms with van der Waals surface area (Å²) in [7, 11) is 1.68. The van der Waals surface area contributed by atoms with Gasteiger partial charge in [-0.05, 0) is 56.9 Å². The Bertz CT molecular complexity index is 1280. The van der Waals surface area contributed by atoms with E-state index in [9.17, 15) is 4.79 Å². The van der Waals surface area contributed by atoms with Gasteiger partial charge in [-0.2, -0.15) is 0 Å². The summed E-state index contributed by atoms with van der Waals surface area (Å²) in [6, 6.07) is 9.62. The number of ether oxygens (including phenoxy) is 1. The summed E-state index contributed by atoms with van der Waals surface area (Å²) < 4.78 is 10.9. The molecule has 2 aliphatic carbocycles. The number of furan rings is 1. The number of nitrogens with zero attached hydrogens (tertiary/aromatic N) is 3. The van der Waals surface area contributed by atoms with Gasteiger partial charge in [-0.1, -0.05) is 43.7 Å². The van der Waals surface area contributed by atoms with E-state index in [1.165, 1.54) is 6.42 Å². The normalized spacial score (nSPS) is 21.8. The van der Waals surface area contributed by atoms with Gasteiger partial charge in [0.25, 0.3) is 5.91 Å². The summed E-state index contributed by atoms with van der Waals surface area (Å²) in [5.74, 6) is 1.51. The molecular weight excluding hydrogens is 480 g/mol. The Balaban J connectivity index is 1.45. The Hall–Kier alpha value is -3.46. The summed E-state index contributed by atoms with van der Waals surface area (Å²) in [6.45, 7) is 2.52. The molecule has 0 bridgehead atoms. The fourth-order valence-electron chi connectivity index (χ4n) is 5.84. The van der Waals surface area contributed by atoms with Crippen LogP contribution in [0.2, 0.25) is 0 Å². The smallest absolute Gasteiger partial charge is 0.289 e. The zero-order valence-electron chi connectivity index (χ0n) is 22.3. The first-order valence-corrected chi connectivity index (χ1v) is 13.7. The van der Waals surface area contributed by atoms with Crippen molar-refractivity contribution >= 4 is 28.5 Å². The van der Waals surface area contributed by atoms with Gasteiger partial charge >= 0.3 is 0 Å². The molecular formula is C29H38N6O3. The molecule has 3 aromatic rings. The second-order valence-electron chi connectivity index (χ2n) is 10.7. The molecule has 38 heavy (non-hydrogen) atoms. The summed E-state index contributed by atoms with van der Waals surface area (Å²) >= 11 is 0. The van der Waals surface area contributed by atoms with Crippen LogP contribution in [0.1, 0.15) is 79.7 Å². The van der Waals surface area contributed by atoms with Crippen molar-refractivity contribution < 1.29 is 13.9 Å². The molecule has 1 amide bonds. The quantitative estimate of drug-likeness (QED) is 0.290. The molecule has 0 radical (unpaired) electrons. The van der Waals surface area contributed by atoms with Gasteiger partial charge in [0.2, 0.25) is 5.82 Å². The number of hydrogen-bond acceptors (Lipinski definition) is 7. The summed E-state index contributed by atoms with van der Waals surface area (Å²) in [4.78, 5) is 27.8. The van der Waals surface area contributed by atoms with Crippen molar-refractivity contribution in [3.05, 3.63) is 53.7 Å². The third kappa shape index (κ3) is 5.83. The van der Waals surface area contributed by atoms with E-state index in [-0.39, 0.29) is 29.4 Å². The van der Waals surface area contributed by atoms with Crippen LogP contribution in [-0.4, -0.2) is 53.1 Å². The first-order valence-electron chi connectivity index (χ1n) is 13.7. The van der Waals surface area contributed by atoms with E-state index in [0.717, 1.165) is 67.8 Å². The average Bonchev–Trinajstić information content (AvgIpc) is 3.46. The molecule has 0 spiro atoms. The van der Waals surface area contributed by atoms with Crippen LogP contribution in [-0.2, 0) is 4.74 Å². The Kier molecular flexibility index (Phi) is 7.93. The summed E-state index contributed by atoms with van der Waals surface area (Å²) in [6.07, 6.45) is 10.7. The summed E-state index contributed by atoms with van der Waals surface area (Å²) in [5, 5.41) is 7.77. The van der Waals surface area contributed by atoms with E-state index in [0.29, 0.717) is 24.0 Å². The molecule has 0 saturated heterocycles. The number of carbonyl (C=O) groups excluding carboxylic acids is 1. The molecule has 9 heteroatoms. The van der Waals surface area contributed by atoms with E-state index >= 15 is 0 Å². The van der Waals surface area contributed by atoms with Crippen LogP contribution in [0.15, 0.2) is 46.0 Å². The maximum Gasteiger partial charge on any atom is 0.289 e. The van der Waals surface area contributed by atoms with E-state index < -0.39 is 0 Å². The molecule has 2 aromatic heterocycles. The lowest BCUT2D eigenvalue weighted by atomic mass is 9.82. The first-order chi connectivity index (χ1) is 18.5. The highest BCUT2D eigenvalue weighted by Gasteiger charge is 2.35. The molecule has 0 aliphatic heterocycles. The number of benzene rings is 1. The number of aliphatic imine (C=N–C) groups is 1. The van der Waals surface area contributed by atoms with E-state index in [2.05, 4.69) is 21.7 Å². The minimum atomic E-state index is -0.379. The van der Waals surface area contributed by atoms with Gasteiger partial charge < -0.3 is 25.5 Å². The number of nitrogens with two attached hydrogens (primary N) is 1. The number of aryl methyl sites for hydroxylation is 1. The monoisotopic (exact) mass is 518 g/mol. The highest BCUT2D eigenvalue weighted by Crippen LogP contribution is 2.31. The molecule has 9 nitrogen and oxygen atoms in total. The van der Waals surface area contributed by atoms with Crippen LogP contribution >= 0.6 is 0 Å². The number of rotatable bonds is 8. The van der Waals surface area contributed by atoms with E-state index in [1.807, 2.05) is 25.1 Å². The molecule has 2 aliphatic rings. The third-order valence-electron chi connectivity index (χ3n) is 7.79. The highest BCUT2D eigenvalue weighted by atomic mass is 16.5. The fourth-order valence-corrected chi connectivity index (χ4v) is 5.84. The van der Waals surface area contributed by atoms with Crippen LogP contribution in [0.4, 0.5) is 5.82 Å². The maximum atomic E-state index is 13.5. The molecule has 202 valence electrons. The van der Waals surface area contributed by atoms with Crippen molar-refractivity contribution in [3.8, 4) is 0 Å². The second kappa shape index (κ2) is 11.5. The lowest BCUT2D eigenvalue weighted by Gasteiger charge is -2.37. The van der Waals surface area contributed by atoms with Crippen molar-refractivity contribution in [1.82, 2.24) is 15.3 Å². The molecule has 1 aromatic carbocycles. The topological polar surface area (TPSA) is 128 Å². The minimum Gasteiger partial charge on any atom is -0.461 e. The molecule has 2 fully saturated rings. The number of fused-ring (bicyclic) bond motifs is 1. The van der Waals surface area contributed by atoms with Crippen molar-refractivity contribution in [2.45, 2.75) is 82.3 Å². The number of hydrogen-bond donors (Lipinski definition) is 3. The Morgan fingerprint density at radius 3 is 2.74 bits per heavy atom. The SMILES string of the molecule is COCC1(NC(=O)c2nc(N[C@H]3CCCC[C@H]3N=C(N)c3ccco3)c3cc(C)ccc3n2)CCCCC1. The molecule has 2 atom stereocenters. The number of anilines is 1. The van der Waals surface area contributed by atoms with Gasteiger partial charge in [-0.3, -0.25) is 9.79 Å². The third-order valence-corrected chi connectivity index (χ3v) is 7.79. The van der Waals surface area contributed by atoms with Crippen molar-refractivity contribution in [2.75, 3.05) is 19.0 Å². The maximum absolute atomic E-state index is 13.5. The molecule has 0 unspecified atom stereocenters. The molecule has 2 saturated carbocycles. The van der Waals surface area contributed by atoms with Crippen molar-refractivity contribution in [2.24, 2.45) is 10.7 Å². The molecule has 4 N–H and O–H groups in total. The zero-order valence-corrected chi connectivity index (χ0v) is 22.3. The number of carbonyl (C=O) groups is 1. The van der Waals surface area contributed by atoms with Crippen molar-refractivity contribution in [3.63, 3.8) is 0 Å². The predicted octanol–water partition coefficient (Wildman–Crippen LogP) is 4.74. The van der Waals surface area contributed by atoms with Gasteiger partial charge in [-0.15, -0.1) is 0 Å². The Labute approximate surface area is 223 Å². The van der Waals surface area contributed by atoms with Crippen LogP contribution in [0, 0.1) is 6.92 Å². The van der Waals surface area contributed by atoms with Crippen molar-refractivity contribution in [1.29, 1.82) is 0 Å². The fraction of sp³-hybridized carbons (Fsp3) is 0.517. The lowest BCUT2D eigenvalue weighted by Crippen LogP contribution is -2.53. The molecule has 2 heterocycles. The van der Waals surface area contributed by atoms with Gasteiger partial charge in [0.1, 0.15) is 5.82 Å².